The standard InChI is InChI=1S/C10H17N2O2/c13-10(12-4-1-2-5-12)7-9-8-11-3-6-14-9/h9H,1-8H2. The zero-order valence-corrected chi connectivity index (χ0v) is 8.45. The molecule has 0 aromatic rings. The van der Waals surface area contributed by atoms with Gasteiger partial charge in [0, 0.05) is 26.2 Å². The van der Waals surface area contributed by atoms with Gasteiger partial charge in [-0.3, -0.25) is 4.79 Å². The quantitative estimate of drug-likeness (QED) is 0.625. The molecule has 2 fully saturated rings. The molecule has 0 aromatic heterocycles. The minimum Gasteiger partial charge on any atom is -0.375 e. The van der Waals surface area contributed by atoms with Crippen LogP contribution in [0.1, 0.15) is 19.3 Å². The van der Waals surface area contributed by atoms with Crippen LogP contribution in [0.3, 0.4) is 0 Å². The fourth-order valence-electron chi connectivity index (χ4n) is 1.99. The number of rotatable bonds is 2. The summed E-state index contributed by atoms with van der Waals surface area (Å²) in [6, 6.07) is 0. The van der Waals surface area contributed by atoms with E-state index in [-0.39, 0.29) is 12.0 Å². The zero-order chi connectivity index (χ0) is 9.80. The molecule has 1 atom stereocenters. The molecule has 1 unspecified atom stereocenters. The van der Waals surface area contributed by atoms with Crippen LogP contribution in [-0.4, -0.2) is 49.7 Å². The fraction of sp³-hybridized carbons (Fsp3) is 0.900. The SMILES string of the molecule is O=C(CC1C[N]CCO1)N1CCCC1. The second-order valence-corrected chi connectivity index (χ2v) is 3.91. The van der Waals surface area contributed by atoms with Gasteiger partial charge in [0.2, 0.25) is 5.91 Å². The minimum atomic E-state index is 0.0388. The topological polar surface area (TPSA) is 43.6 Å². The van der Waals surface area contributed by atoms with Gasteiger partial charge in [0.25, 0.3) is 0 Å². The highest BCUT2D eigenvalue weighted by Gasteiger charge is 2.23. The highest BCUT2D eigenvalue weighted by molar-refractivity contribution is 5.77. The molecule has 2 saturated heterocycles. The maximum atomic E-state index is 11.7. The van der Waals surface area contributed by atoms with Crippen LogP contribution < -0.4 is 5.32 Å². The van der Waals surface area contributed by atoms with Crippen LogP contribution in [0.5, 0.6) is 0 Å². The van der Waals surface area contributed by atoms with Crippen LogP contribution in [0.4, 0.5) is 0 Å². The highest BCUT2D eigenvalue weighted by atomic mass is 16.5. The van der Waals surface area contributed by atoms with E-state index in [1.807, 2.05) is 4.90 Å². The van der Waals surface area contributed by atoms with Crippen LogP contribution in [0.15, 0.2) is 0 Å². The number of amides is 1. The van der Waals surface area contributed by atoms with Crippen molar-refractivity contribution in [3.8, 4) is 0 Å². The Hall–Kier alpha value is -0.610. The second-order valence-electron chi connectivity index (χ2n) is 3.91. The van der Waals surface area contributed by atoms with Crippen molar-refractivity contribution in [3.05, 3.63) is 0 Å². The summed E-state index contributed by atoms with van der Waals surface area (Å²) in [5, 5.41) is 4.24. The van der Waals surface area contributed by atoms with Crippen molar-refractivity contribution < 1.29 is 9.53 Å². The number of hydrogen-bond acceptors (Lipinski definition) is 2. The molecule has 14 heavy (non-hydrogen) atoms. The van der Waals surface area contributed by atoms with Gasteiger partial charge in [-0.25, -0.2) is 5.32 Å². The predicted octanol–water partition coefficient (Wildman–Crippen LogP) is 0.00210. The molecule has 0 spiro atoms. The molecule has 0 aromatic carbocycles. The molecule has 0 saturated carbocycles. The monoisotopic (exact) mass is 197 g/mol. The van der Waals surface area contributed by atoms with Crippen molar-refractivity contribution in [2.75, 3.05) is 32.8 Å². The average Bonchev–Trinajstić information content (AvgIpc) is 2.72. The molecule has 79 valence electrons. The summed E-state index contributed by atoms with van der Waals surface area (Å²) >= 11 is 0. The third kappa shape index (κ3) is 2.45. The molecule has 1 radical (unpaired) electrons. The molecule has 2 aliphatic rings. The van der Waals surface area contributed by atoms with Gasteiger partial charge in [0.1, 0.15) is 0 Å². The van der Waals surface area contributed by atoms with Crippen molar-refractivity contribution in [3.63, 3.8) is 0 Å². The van der Waals surface area contributed by atoms with E-state index in [9.17, 15) is 4.79 Å². The Labute approximate surface area is 84.6 Å². The minimum absolute atomic E-state index is 0.0388. The summed E-state index contributed by atoms with van der Waals surface area (Å²) < 4.78 is 5.47. The molecule has 0 N–H and O–H groups in total. The Morgan fingerprint density at radius 3 is 2.86 bits per heavy atom. The number of carbonyl (C=O) groups is 1. The number of likely N-dealkylation sites (tertiary alicyclic amines) is 1. The lowest BCUT2D eigenvalue weighted by Crippen LogP contribution is -2.39. The first-order chi connectivity index (χ1) is 6.86. The normalized spacial score (nSPS) is 28.0. The largest absolute Gasteiger partial charge is 0.375 e. The molecule has 2 aliphatic heterocycles. The van der Waals surface area contributed by atoms with E-state index in [1.54, 1.807) is 0 Å². The smallest absolute Gasteiger partial charge is 0.225 e. The number of nitrogens with zero attached hydrogens (tertiary/aromatic N) is 2. The summed E-state index contributed by atoms with van der Waals surface area (Å²) in [5.41, 5.74) is 0. The van der Waals surface area contributed by atoms with Crippen LogP contribution in [0.2, 0.25) is 0 Å². The van der Waals surface area contributed by atoms with Gasteiger partial charge >= 0.3 is 0 Å². The van der Waals surface area contributed by atoms with Gasteiger partial charge in [-0.05, 0) is 12.8 Å². The summed E-state index contributed by atoms with van der Waals surface area (Å²) in [6.45, 7) is 4.03. The van der Waals surface area contributed by atoms with Crippen LogP contribution in [0.25, 0.3) is 0 Å². The van der Waals surface area contributed by atoms with Gasteiger partial charge in [0.15, 0.2) is 0 Å². The maximum Gasteiger partial charge on any atom is 0.225 e. The van der Waals surface area contributed by atoms with E-state index < -0.39 is 0 Å². The van der Waals surface area contributed by atoms with Gasteiger partial charge in [0.05, 0.1) is 19.1 Å². The lowest BCUT2D eigenvalue weighted by Gasteiger charge is -2.24. The molecular formula is C10H17N2O2. The number of hydrogen-bond donors (Lipinski definition) is 0. The molecule has 0 bridgehead atoms. The van der Waals surface area contributed by atoms with E-state index in [0.29, 0.717) is 19.6 Å². The van der Waals surface area contributed by atoms with Crippen LogP contribution in [-0.2, 0) is 9.53 Å². The Kier molecular flexibility index (Phi) is 3.37. The predicted molar refractivity (Wildman–Crippen MR) is 52.0 cm³/mol. The van der Waals surface area contributed by atoms with Crippen LogP contribution in [0, 0.1) is 0 Å². The summed E-state index contributed by atoms with van der Waals surface area (Å²) in [7, 11) is 0. The number of morpholine rings is 1. The number of ether oxygens (including phenoxy) is 1. The number of carbonyl (C=O) groups excluding carboxylic acids is 1. The van der Waals surface area contributed by atoms with Gasteiger partial charge in [-0.1, -0.05) is 0 Å². The van der Waals surface area contributed by atoms with Gasteiger partial charge in [-0.15, -0.1) is 0 Å². The summed E-state index contributed by atoms with van der Waals surface area (Å²) in [5.74, 6) is 0.240. The lowest BCUT2D eigenvalue weighted by atomic mass is 10.2. The Morgan fingerprint density at radius 1 is 1.43 bits per heavy atom. The Morgan fingerprint density at radius 2 is 2.21 bits per heavy atom. The Bertz CT molecular complexity index is 196. The van der Waals surface area contributed by atoms with Crippen molar-refractivity contribution in [1.29, 1.82) is 0 Å². The van der Waals surface area contributed by atoms with E-state index in [2.05, 4.69) is 5.32 Å². The van der Waals surface area contributed by atoms with Gasteiger partial charge in [-0.2, -0.15) is 0 Å². The third-order valence-corrected chi connectivity index (χ3v) is 2.80. The van der Waals surface area contributed by atoms with E-state index >= 15 is 0 Å². The summed E-state index contributed by atoms with van der Waals surface area (Å²) in [4.78, 5) is 13.7. The molecule has 2 heterocycles. The molecule has 2 rings (SSSR count). The fourth-order valence-corrected chi connectivity index (χ4v) is 1.99. The first-order valence-electron chi connectivity index (χ1n) is 5.39. The molecule has 1 amide bonds. The van der Waals surface area contributed by atoms with Crippen molar-refractivity contribution >= 4 is 5.91 Å². The van der Waals surface area contributed by atoms with E-state index in [0.717, 1.165) is 32.5 Å². The molecule has 4 nitrogen and oxygen atoms in total. The second kappa shape index (κ2) is 4.75. The molecular weight excluding hydrogens is 180 g/mol. The van der Waals surface area contributed by atoms with Crippen LogP contribution >= 0.6 is 0 Å². The van der Waals surface area contributed by atoms with Gasteiger partial charge < -0.3 is 9.64 Å². The first-order valence-corrected chi connectivity index (χ1v) is 5.39. The molecule has 0 aliphatic carbocycles. The van der Waals surface area contributed by atoms with E-state index in [4.69, 9.17) is 4.74 Å². The Balaban J connectivity index is 1.75. The van der Waals surface area contributed by atoms with Crippen molar-refractivity contribution in [2.24, 2.45) is 0 Å². The molecule has 4 heteroatoms. The lowest BCUT2D eigenvalue weighted by molar-refractivity contribution is -0.133. The highest BCUT2D eigenvalue weighted by Crippen LogP contribution is 2.11. The van der Waals surface area contributed by atoms with Crippen molar-refractivity contribution in [1.82, 2.24) is 10.2 Å². The van der Waals surface area contributed by atoms with Crippen molar-refractivity contribution in [2.45, 2.75) is 25.4 Å². The van der Waals surface area contributed by atoms with E-state index in [1.165, 1.54) is 0 Å². The average molecular weight is 197 g/mol. The summed E-state index contributed by atoms with van der Waals surface area (Å²) in [6.07, 6.45) is 2.86. The first kappa shape index (κ1) is 9.93. The third-order valence-electron chi connectivity index (χ3n) is 2.80. The maximum absolute atomic E-state index is 11.7. The zero-order valence-electron chi connectivity index (χ0n) is 8.45.